The van der Waals surface area contributed by atoms with E-state index in [1.165, 1.54) is 5.56 Å². The van der Waals surface area contributed by atoms with Crippen molar-refractivity contribution in [3.63, 3.8) is 0 Å². The molecule has 2 N–H and O–H groups in total. The molecule has 0 fully saturated rings. The fraction of sp³-hybridized carbons (Fsp3) is 0.462. The molecule has 88 valence electrons. The van der Waals surface area contributed by atoms with Crippen LogP contribution < -0.4 is 5.73 Å². The van der Waals surface area contributed by atoms with Crippen LogP contribution in [0.2, 0.25) is 0 Å². The maximum absolute atomic E-state index is 11.4. The van der Waals surface area contributed by atoms with Crippen LogP contribution in [0.1, 0.15) is 37.4 Å². The predicted octanol–water partition coefficient (Wildman–Crippen LogP) is 2.34. The molecular formula is C13H19NO2. The van der Waals surface area contributed by atoms with Gasteiger partial charge in [-0.05, 0) is 26.3 Å². The summed E-state index contributed by atoms with van der Waals surface area (Å²) in [5.74, 6) is -0.247. The molecule has 0 bridgehead atoms. The third-order valence-electron chi connectivity index (χ3n) is 2.26. The second-order valence-electron chi connectivity index (χ2n) is 4.26. The van der Waals surface area contributed by atoms with Crippen LogP contribution in [-0.4, -0.2) is 12.1 Å². The Morgan fingerprint density at radius 1 is 1.31 bits per heavy atom. The molecule has 0 aliphatic rings. The van der Waals surface area contributed by atoms with Crippen molar-refractivity contribution >= 4 is 5.97 Å². The van der Waals surface area contributed by atoms with Crippen molar-refractivity contribution in [1.29, 1.82) is 0 Å². The van der Waals surface area contributed by atoms with Crippen molar-refractivity contribution < 1.29 is 9.53 Å². The summed E-state index contributed by atoms with van der Waals surface area (Å²) in [5, 5.41) is 0. The molecular weight excluding hydrogens is 202 g/mol. The van der Waals surface area contributed by atoms with Crippen molar-refractivity contribution in [2.24, 2.45) is 5.73 Å². The number of hydrogen-bond donors (Lipinski definition) is 1. The van der Waals surface area contributed by atoms with Crippen LogP contribution in [0, 0.1) is 6.92 Å². The van der Waals surface area contributed by atoms with Crippen LogP contribution in [0.5, 0.6) is 0 Å². The number of ether oxygens (including phenoxy) is 1. The highest BCUT2D eigenvalue weighted by atomic mass is 16.5. The van der Waals surface area contributed by atoms with Crippen molar-refractivity contribution in [1.82, 2.24) is 0 Å². The maximum atomic E-state index is 11.4. The number of nitrogens with two attached hydrogens (primary N) is 1. The van der Waals surface area contributed by atoms with Crippen molar-refractivity contribution in [2.45, 2.75) is 39.3 Å². The lowest BCUT2D eigenvalue weighted by Gasteiger charge is -2.13. The first-order chi connectivity index (χ1) is 7.49. The third-order valence-corrected chi connectivity index (χ3v) is 2.26. The summed E-state index contributed by atoms with van der Waals surface area (Å²) < 4.78 is 5.05. The zero-order valence-corrected chi connectivity index (χ0v) is 10.1. The number of hydrogen-bond acceptors (Lipinski definition) is 3. The summed E-state index contributed by atoms with van der Waals surface area (Å²) in [6.45, 7) is 5.67. The summed E-state index contributed by atoms with van der Waals surface area (Å²) >= 11 is 0. The maximum Gasteiger partial charge on any atom is 0.307 e. The summed E-state index contributed by atoms with van der Waals surface area (Å²) in [6.07, 6.45) is 0.138. The van der Waals surface area contributed by atoms with Crippen LogP contribution in [0.4, 0.5) is 0 Å². The quantitative estimate of drug-likeness (QED) is 0.794. The largest absolute Gasteiger partial charge is 0.463 e. The zero-order valence-electron chi connectivity index (χ0n) is 10.1. The normalized spacial score (nSPS) is 12.6. The topological polar surface area (TPSA) is 52.3 Å². The van der Waals surface area contributed by atoms with Crippen LogP contribution in [0.25, 0.3) is 0 Å². The lowest BCUT2D eigenvalue weighted by Crippen LogP contribution is -2.19. The Labute approximate surface area is 96.6 Å². The molecule has 1 aromatic carbocycles. The van der Waals surface area contributed by atoms with Gasteiger partial charge in [-0.25, -0.2) is 0 Å². The average molecular weight is 221 g/mol. The second-order valence-corrected chi connectivity index (χ2v) is 4.26. The second kappa shape index (κ2) is 5.66. The van der Waals surface area contributed by atoms with Gasteiger partial charge < -0.3 is 10.5 Å². The van der Waals surface area contributed by atoms with E-state index in [9.17, 15) is 4.79 Å². The predicted molar refractivity (Wildman–Crippen MR) is 64.0 cm³/mol. The molecule has 0 saturated heterocycles. The molecule has 0 heterocycles. The molecule has 3 nitrogen and oxygen atoms in total. The molecule has 0 saturated carbocycles. The molecule has 0 aliphatic carbocycles. The summed E-state index contributed by atoms with van der Waals surface area (Å²) in [6, 6.07) is 7.59. The smallest absolute Gasteiger partial charge is 0.307 e. The Balaban J connectivity index is 2.55. The highest BCUT2D eigenvalue weighted by Gasteiger charge is 2.13. The third kappa shape index (κ3) is 4.03. The first-order valence-corrected chi connectivity index (χ1v) is 5.50. The Bertz CT molecular complexity index is 343. The van der Waals surface area contributed by atoms with Gasteiger partial charge in [-0.2, -0.15) is 0 Å². The van der Waals surface area contributed by atoms with Gasteiger partial charge in [-0.15, -0.1) is 0 Å². The molecule has 0 unspecified atom stereocenters. The number of aryl methyl sites for hydroxylation is 1. The summed E-state index contributed by atoms with van der Waals surface area (Å²) in [7, 11) is 0. The number of esters is 1. The number of carbonyl (C=O) groups excluding carboxylic acids is 1. The van der Waals surface area contributed by atoms with Gasteiger partial charge in [0.15, 0.2) is 0 Å². The van der Waals surface area contributed by atoms with Crippen LogP contribution in [0.15, 0.2) is 24.3 Å². The van der Waals surface area contributed by atoms with E-state index in [2.05, 4.69) is 0 Å². The van der Waals surface area contributed by atoms with E-state index in [1.807, 2.05) is 45.0 Å². The van der Waals surface area contributed by atoms with E-state index in [-0.39, 0.29) is 24.5 Å². The molecule has 0 amide bonds. The van der Waals surface area contributed by atoms with E-state index in [1.54, 1.807) is 0 Å². The summed E-state index contributed by atoms with van der Waals surface area (Å²) in [4.78, 5) is 11.4. The van der Waals surface area contributed by atoms with Gasteiger partial charge in [-0.3, -0.25) is 4.79 Å². The van der Waals surface area contributed by atoms with Gasteiger partial charge in [0.25, 0.3) is 0 Å². The molecule has 1 atom stereocenters. The zero-order chi connectivity index (χ0) is 12.1. The minimum absolute atomic E-state index is 0.0854. The average Bonchev–Trinajstić information content (AvgIpc) is 2.16. The number of rotatable bonds is 4. The van der Waals surface area contributed by atoms with Crippen molar-refractivity contribution in [2.75, 3.05) is 0 Å². The SMILES string of the molecule is Cc1ccc([C@@H](N)CC(=O)OC(C)C)cc1. The van der Waals surface area contributed by atoms with E-state index >= 15 is 0 Å². The van der Waals surface area contributed by atoms with E-state index in [0.717, 1.165) is 5.56 Å². The van der Waals surface area contributed by atoms with Gasteiger partial charge in [0.05, 0.1) is 12.5 Å². The fourth-order valence-electron chi connectivity index (χ4n) is 1.42. The molecule has 16 heavy (non-hydrogen) atoms. The van der Waals surface area contributed by atoms with Crippen LogP contribution >= 0.6 is 0 Å². The molecule has 0 spiro atoms. The van der Waals surface area contributed by atoms with Gasteiger partial charge in [0.1, 0.15) is 0 Å². The molecule has 0 radical (unpaired) electrons. The van der Waals surface area contributed by atoms with Crippen molar-refractivity contribution in [3.05, 3.63) is 35.4 Å². The Morgan fingerprint density at radius 2 is 1.88 bits per heavy atom. The first kappa shape index (κ1) is 12.7. The highest BCUT2D eigenvalue weighted by molar-refractivity contribution is 5.70. The Morgan fingerprint density at radius 3 is 2.38 bits per heavy atom. The number of benzene rings is 1. The van der Waals surface area contributed by atoms with Gasteiger partial charge in [-0.1, -0.05) is 29.8 Å². The van der Waals surface area contributed by atoms with Gasteiger partial charge >= 0.3 is 5.97 Å². The molecule has 0 aliphatic heterocycles. The lowest BCUT2D eigenvalue weighted by molar-refractivity contribution is -0.147. The highest BCUT2D eigenvalue weighted by Crippen LogP contribution is 2.15. The minimum Gasteiger partial charge on any atom is -0.463 e. The lowest BCUT2D eigenvalue weighted by atomic mass is 10.0. The van der Waals surface area contributed by atoms with Crippen molar-refractivity contribution in [3.8, 4) is 0 Å². The monoisotopic (exact) mass is 221 g/mol. The van der Waals surface area contributed by atoms with E-state index in [0.29, 0.717) is 0 Å². The number of carbonyl (C=O) groups is 1. The molecule has 1 rings (SSSR count). The van der Waals surface area contributed by atoms with Crippen LogP contribution in [0.3, 0.4) is 0 Å². The van der Waals surface area contributed by atoms with Gasteiger partial charge in [0.2, 0.25) is 0 Å². The fourth-order valence-corrected chi connectivity index (χ4v) is 1.42. The van der Waals surface area contributed by atoms with E-state index in [4.69, 9.17) is 10.5 Å². The minimum atomic E-state index is -0.285. The molecule has 3 heteroatoms. The standard InChI is InChI=1S/C13H19NO2/c1-9(2)16-13(15)8-12(14)11-6-4-10(3)5-7-11/h4-7,9,12H,8,14H2,1-3H3/t12-/m0/s1. The molecule has 0 aromatic heterocycles. The Hall–Kier alpha value is -1.35. The van der Waals surface area contributed by atoms with E-state index < -0.39 is 0 Å². The first-order valence-electron chi connectivity index (χ1n) is 5.50. The van der Waals surface area contributed by atoms with Gasteiger partial charge in [0, 0.05) is 6.04 Å². The van der Waals surface area contributed by atoms with Crippen LogP contribution in [-0.2, 0) is 9.53 Å². The molecule has 1 aromatic rings. The summed E-state index contributed by atoms with van der Waals surface area (Å²) in [5.41, 5.74) is 8.07. The Kier molecular flexibility index (Phi) is 4.50.